The SMILES string of the molecule is CC1(c2ccc(O)c(C(F)F)c2)CCCN1. The van der Waals surface area contributed by atoms with Crippen LogP contribution in [0.1, 0.15) is 37.3 Å². The van der Waals surface area contributed by atoms with Gasteiger partial charge < -0.3 is 10.4 Å². The molecule has 0 amide bonds. The molecule has 0 saturated carbocycles. The Labute approximate surface area is 93.3 Å². The number of benzene rings is 1. The molecule has 2 rings (SSSR count). The first-order chi connectivity index (χ1) is 7.53. The molecule has 1 saturated heterocycles. The van der Waals surface area contributed by atoms with Crippen LogP contribution in [-0.2, 0) is 5.54 Å². The van der Waals surface area contributed by atoms with Crippen molar-refractivity contribution in [1.82, 2.24) is 5.32 Å². The second kappa shape index (κ2) is 4.01. The Hall–Kier alpha value is -1.16. The van der Waals surface area contributed by atoms with Crippen molar-refractivity contribution in [2.75, 3.05) is 6.54 Å². The van der Waals surface area contributed by atoms with Gasteiger partial charge in [-0.25, -0.2) is 8.78 Å². The Balaban J connectivity index is 2.39. The van der Waals surface area contributed by atoms with E-state index in [1.807, 2.05) is 6.92 Å². The van der Waals surface area contributed by atoms with Gasteiger partial charge >= 0.3 is 0 Å². The second-order valence-electron chi connectivity index (χ2n) is 4.44. The number of phenols is 1. The number of hydrogen-bond donors (Lipinski definition) is 2. The van der Waals surface area contributed by atoms with Gasteiger partial charge in [-0.15, -0.1) is 0 Å². The zero-order chi connectivity index (χ0) is 11.8. The lowest BCUT2D eigenvalue weighted by Gasteiger charge is -2.25. The molecule has 1 aliphatic heterocycles. The fourth-order valence-corrected chi connectivity index (χ4v) is 2.21. The quantitative estimate of drug-likeness (QED) is 0.814. The van der Waals surface area contributed by atoms with Crippen LogP contribution < -0.4 is 5.32 Å². The summed E-state index contributed by atoms with van der Waals surface area (Å²) in [7, 11) is 0. The Morgan fingerprint density at radius 1 is 1.44 bits per heavy atom. The number of aromatic hydroxyl groups is 1. The van der Waals surface area contributed by atoms with Crippen molar-refractivity contribution in [2.45, 2.75) is 31.7 Å². The van der Waals surface area contributed by atoms with Gasteiger partial charge in [-0.05, 0) is 44.0 Å². The molecule has 0 radical (unpaired) electrons. The minimum atomic E-state index is -2.63. The maximum atomic E-state index is 12.6. The van der Waals surface area contributed by atoms with Crippen molar-refractivity contribution in [3.63, 3.8) is 0 Å². The Morgan fingerprint density at radius 2 is 2.19 bits per heavy atom. The van der Waals surface area contributed by atoms with Crippen LogP contribution in [0.2, 0.25) is 0 Å². The van der Waals surface area contributed by atoms with E-state index >= 15 is 0 Å². The van der Waals surface area contributed by atoms with E-state index in [4.69, 9.17) is 0 Å². The van der Waals surface area contributed by atoms with Crippen LogP contribution in [0.15, 0.2) is 18.2 Å². The summed E-state index contributed by atoms with van der Waals surface area (Å²) in [6, 6.07) is 4.46. The number of phenolic OH excluding ortho intramolecular Hbond substituents is 1. The van der Waals surface area contributed by atoms with E-state index in [2.05, 4.69) is 5.32 Å². The first-order valence-corrected chi connectivity index (χ1v) is 5.39. The minimum absolute atomic E-state index is 0.239. The van der Waals surface area contributed by atoms with E-state index in [9.17, 15) is 13.9 Å². The van der Waals surface area contributed by atoms with Crippen LogP contribution in [0.3, 0.4) is 0 Å². The molecule has 1 fully saturated rings. The van der Waals surface area contributed by atoms with Crippen LogP contribution >= 0.6 is 0 Å². The molecule has 1 atom stereocenters. The molecule has 2 nitrogen and oxygen atoms in total. The summed E-state index contributed by atoms with van der Waals surface area (Å²) >= 11 is 0. The van der Waals surface area contributed by atoms with E-state index < -0.39 is 6.43 Å². The lowest BCUT2D eigenvalue weighted by Crippen LogP contribution is -2.33. The molecule has 1 heterocycles. The van der Waals surface area contributed by atoms with Gasteiger partial charge in [0.05, 0.1) is 5.56 Å². The first kappa shape index (κ1) is 11.3. The summed E-state index contributed by atoms with van der Waals surface area (Å²) in [6.07, 6.45) is -0.660. The summed E-state index contributed by atoms with van der Waals surface area (Å²) in [5, 5.41) is 12.6. The molecule has 16 heavy (non-hydrogen) atoms. The molecule has 4 heteroatoms. The maximum Gasteiger partial charge on any atom is 0.267 e. The smallest absolute Gasteiger partial charge is 0.267 e. The molecule has 1 aromatic rings. The highest BCUT2D eigenvalue weighted by Gasteiger charge is 2.31. The van der Waals surface area contributed by atoms with E-state index in [-0.39, 0.29) is 16.9 Å². The summed E-state index contributed by atoms with van der Waals surface area (Å²) in [5.74, 6) is -0.333. The molecule has 88 valence electrons. The molecule has 1 unspecified atom stereocenters. The van der Waals surface area contributed by atoms with Crippen LogP contribution in [0.5, 0.6) is 5.75 Å². The first-order valence-electron chi connectivity index (χ1n) is 5.39. The molecular weight excluding hydrogens is 212 g/mol. The highest BCUT2D eigenvalue weighted by molar-refractivity contribution is 5.40. The summed E-state index contributed by atoms with van der Waals surface area (Å²) in [4.78, 5) is 0. The van der Waals surface area contributed by atoms with Crippen molar-refractivity contribution in [1.29, 1.82) is 0 Å². The number of nitrogens with one attached hydrogen (secondary N) is 1. The molecule has 0 aliphatic carbocycles. The van der Waals surface area contributed by atoms with Gasteiger partial charge in [0.1, 0.15) is 5.75 Å². The van der Waals surface area contributed by atoms with Gasteiger partial charge in [-0.3, -0.25) is 0 Å². The highest BCUT2D eigenvalue weighted by atomic mass is 19.3. The Morgan fingerprint density at radius 3 is 2.75 bits per heavy atom. The normalized spacial score (nSPS) is 25.2. The minimum Gasteiger partial charge on any atom is -0.507 e. The van der Waals surface area contributed by atoms with Crippen molar-refractivity contribution < 1.29 is 13.9 Å². The van der Waals surface area contributed by atoms with Gasteiger partial charge in [0.15, 0.2) is 0 Å². The molecule has 2 N–H and O–H groups in total. The molecule has 1 aliphatic rings. The number of hydrogen-bond acceptors (Lipinski definition) is 2. The van der Waals surface area contributed by atoms with Crippen molar-refractivity contribution >= 4 is 0 Å². The molecule has 0 spiro atoms. The molecule has 0 aromatic heterocycles. The fourth-order valence-electron chi connectivity index (χ4n) is 2.21. The summed E-state index contributed by atoms with van der Waals surface area (Å²) in [5.41, 5.74) is 0.294. The topological polar surface area (TPSA) is 32.3 Å². The third kappa shape index (κ3) is 1.89. The number of alkyl halides is 2. The second-order valence-corrected chi connectivity index (χ2v) is 4.44. The fraction of sp³-hybridized carbons (Fsp3) is 0.500. The average Bonchev–Trinajstić information content (AvgIpc) is 2.66. The van der Waals surface area contributed by atoms with Crippen LogP contribution in [0, 0.1) is 0 Å². The number of rotatable bonds is 2. The van der Waals surface area contributed by atoms with Crippen molar-refractivity contribution in [3.8, 4) is 5.75 Å². The monoisotopic (exact) mass is 227 g/mol. The predicted molar refractivity (Wildman–Crippen MR) is 57.7 cm³/mol. The Kier molecular flexibility index (Phi) is 2.84. The predicted octanol–water partition coefficient (Wildman–Crippen LogP) is 2.93. The summed E-state index contributed by atoms with van der Waals surface area (Å²) < 4.78 is 25.3. The van der Waals surface area contributed by atoms with E-state index in [0.717, 1.165) is 24.9 Å². The van der Waals surface area contributed by atoms with Gasteiger partial charge in [0.25, 0.3) is 6.43 Å². The summed E-state index contributed by atoms with van der Waals surface area (Å²) in [6.45, 7) is 2.91. The highest BCUT2D eigenvalue weighted by Crippen LogP contribution is 2.35. The third-order valence-electron chi connectivity index (χ3n) is 3.27. The zero-order valence-corrected chi connectivity index (χ0v) is 9.13. The van der Waals surface area contributed by atoms with E-state index in [1.165, 1.54) is 12.1 Å². The zero-order valence-electron chi connectivity index (χ0n) is 9.13. The number of halogens is 2. The average molecular weight is 227 g/mol. The molecule has 1 aromatic carbocycles. The van der Waals surface area contributed by atoms with Crippen LogP contribution in [0.4, 0.5) is 8.78 Å². The molecule has 0 bridgehead atoms. The Bertz CT molecular complexity index is 387. The van der Waals surface area contributed by atoms with Gasteiger partial charge in [0, 0.05) is 5.54 Å². The maximum absolute atomic E-state index is 12.6. The lowest BCUT2D eigenvalue weighted by molar-refractivity contribution is 0.147. The van der Waals surface area contributed by atoms with Gasteiger partial charge in [0.2, 0.25) is 0 Å². The van der Waals surface area contributed by atoms with Crippen LogP contribution in [0.25, 0.3) is 0 Å². The van der Waals surface area contributed by atoms with Gasteiger partial charge in [-0.2, -0.15) is 0 Å². The van der Waals surface area contributed by atoms with Crippen molar-refractivity contribution in [3.05, 3.63) is 29.3 Å². The standard InChI is InChI=1S/C12H15F2NO/c1-12(5-2-6-15-12)8-3-4-10(16)9(7-8)11(13)14/h3-4,7,11,15-16H,2,5-6H2,1H3. The van der Waals surface area contributed by atoms with E-state index in [1.54, 1.807) is 6.07 Å². The largest absolute Gasteiger partial charge is 0.507 e. The van der Waals surface area contributed by atoms with Crippen LogP contribution in [-0.4, -0.2) is 11.7 Å². The van der Waals surface area contributed by atoms with Gasteiger partial charge in [-0.1, -0.05) is 6.07 Å². The van der Waals surface area contributed by atoms with E-state index in [0.29, 0.717) is 0 Å². The van der Waals surface area contributed by atoms with Crippen molar-refractivity contribution in [2.24, 2.45) is 0 Å². The third-order valence-corrected chi connectivity index (χ3v) is 3.27. The molecular formula is C12H15F2NO. The lowest BCUT2D eigenvalue weighted by atomic mass is 9.89.